The van der Waals surface area contributed by atoms with Crippen LogP contribution in [0.2, 0.25) is 0 Å². The van der Waals surface area contributed by atoms with Gasteiger partial charge >= 0.3 is 17.1 Å². The molecule has 14 heterocycles. The fraction of sp³-hybridized carbons (Fsp3) is 0.383. The Bertz CT molecular complexity index is 4950. The van der Waals surface area contributed by atoms with Crippen LogP contribution in [0.3, 0.4) is 0 Å². The van der Waals surface area contributed by atoms with Crippen molar-refractivity contribution in [2.24, 2.45) is 0 Å². The zero-order chi connectivity index (χ0) is 68.4. The third-order valence-electron chi connectivity index (χ3n) is 14.2. The van der Waals surface area contributed by atoms with E-state index in [0.717, 1.165) is 57.5 Å². The van der Waals surface area contributed by atoms with Gasteiger partial charge in [0, 0.05) is 85.4 Å². The van der Waals surface area contributed by atoms with Gasteiger partial charge in [0.15, 0.2) is 28.3 Å². The lowest BCUT2D eigenvalue weighted by Gasteiger charge is -2.09. The van der Waals surface area contributed by atoms with Crippen molar-refractivity contribution in [2.45, 2.75) is 139 Å². The Morgan fingerprint density at radius 2 is 1.03 bits per heavy atom. The molecule has 0 unspecified atom stereocenters. The van der Waals surface area contributed by atoms with Gasteiger partial charge in [-0.3, -0.25) is 28.7 Å². The van der Waals surface area contributed by atoms with Crippen LogP contribution < -0.4 is 56.0 Å². The Hall–Kier alpha value is -11.6. The summed E-state index contributed by atoms with van der Waals surface area (Å²) in [5.41, 5.74) is 26.6. The van der Waals surface area contributed by atoms with Crippen molar-refractivity contribution in [1.82, 2.24) is 117 Å². The summed E-state index contributed by atoms with van der Waals surface area (Å²) in [6.07, 6.45) is 18.5. The number of anilines is 5. The number of aromatic nitrogens is 24. The van der Waals surface area contributed by atoms with E-state index in [0.29, 0.717) is 52.0 Å². The molecule has 1 saturated heterocycles. The van der Waals surface area contributed by atoms with Gasteiger partial charge in [-0.1, -0.05) is 0 Å². The first-order chi connectivity index (χ1) is 44.6. The minimum absolute atomic E-state index is 0.0568. The lowest BCUT2D eigenvalue weighted by atomic mass is 10.3. The maximum Gasteiger partial charge on any atom is 0.349 e. The number of nitrogens with zero attached hydrogens (tertiary/aromatic N) is 22. The van der Waals surface area contributed by atoms with Crippen molar-refractivity contribution in [3.05, 3.63) is 145 Å². The SMILES string of the molecule is CC(C)n1cc2ccc(=O)[nH]c2nc1=O.CC(C)n1ccc(N2CC2)nc1=O.CC(C)n1ccc2c(N)ncnc21.CC(C)n1cnc2c(=O)[nH]c(=O)[nH]c21.CC(C)n1cnc2c(N)nc(N)nc21.CC(C)n1cnc2cncnc21.CC(C)n1ncc2c(N)ncnc21. The first kappa shape index (κ1) is 68.3. The van der Waals surface area contributed by atoms with Gasteiger partial charge in [0.1, 0.15) is 64.4 Å². The Labute approximate surface area is 536 Å². The molecular formula is C60H79N29O5. The third kappa shape index (κ3) is 16.1. The number of pyridine rings is 1. The van der Waals surface area contributed by atoms with E-state index in [1.54, 1.807) is 59.1 Å². The number of nitrogens with one attached hydrogen (secondary N) is 3. The van der Waals surface area contributed by atoms with Gasteiger partial charge in [0.2, 0.25) is 11.5 Å². The van der Waals surface area contributed by atoms with Gasteiger partial charge in [-0.15, -0.1) is 0 Å². The van der Waals surface area contributed by atoms with Crippen LogP contribution in [0.25, 0.3) is 66.6 Å². The molecule has 0 aromatic carbocycles. The second kappa shape index (κ2) is 29.6. The smallest absolute Gasteiger partial charge is 0.349 e. The van der Waals surface area contributed by atoms with Crippen molar-refractivity contribution in [3.63, 3.8) is 0 Å². The fourth-order valence-electron chi connectivity index (χ4n) is 9.16. The normalized spacial score (nSPS) is 11.8. The molecule has 14 rings (SSSR count). The van der Waals surface area contributed by atoms with E-state index in [4.69, 9.17) is 22.9 Å². The van der Waals surface area contributed by atoms with E-state index in [1.807, 2.05) is 108 Å². The highest BCUT2D eigenvalue weighted by atomic mass is 16.2. The number of nitrogens with two attached hydrogens (primary N) is 4. The van der Waals surface area contributed by atoms with Crippen LogP contribution in [0, 0.1) is 0 Å². The highest BCUT2D eigenvalue weighted by Gasteiger charge is 2.20. The minimum atomic E-state index is -0.509. The van der Waals surface area contributed by atoms with Crippen molar-refractivity contribution < 1.29 is 0 Å². The molecule has 1 aliphatic rings. The summed E-state index contributed by atoms with van der Waals surface area (Å²) in [5.74, 6) is 2.34. The first-order valence-electron chi connectivity index (χ1n) is 30.2. The summed E-state index contributed by atoms with van der Waals surface area (Å²) in [5, 5.41) is 6.69. The molecule has 94 heavy (non-hydrogen) atoms. The molecule has 11 N–H and O–H groups in total. The molecule has 0 amide bonds. The quantitative estimate of drug-likeness (QED) is 0.0875. The molecule has 13 aromatic rings. The first-order valence-corrected chi connectivity index (χ1v) is 30.2. The standard InChI is InChI=1S/C10H11N3O2.C9H12N4.C9H13N3O.C8H12N6.C8H11N5.C8H10N4O2.C8H10N4/c1-6(2)13-5-7-3-4-8(14)11-9(7)12-10(13)15;1-6(2)13-4-3-7-8(10)11-5-12-9(7)13;1-7(2)12-4-3-8(10-9(12)13)11-5-6-11;1-4(2)14-3-11-5-6(9)12-8(10)13-7(5)14;1-5(2)13-8-6(3-12-13)7(9)10-4-11-8;1-4(2)12-3-9-5-6(12)10-8(14)11-7(5)13;1-6(2)12-5-11-7-3-9-4-10-8(7)12/h3-6H,1-2H3,(H,11,12,14,15);3-6H,1-2H3,(H2,10,11,12);3-4,7H,5-6H2,1-2H3;3-4H,1-2H3,(H4,9,10,12,13);3-5H,1-2H3,(H2,9,10,11);3-4H,1-2H3,(H2,10,11,13,14);3-6H,1-2H3. The van der Waals surface area contributed by atoms with Gasteiger partial charge in [-0.05, 0) is 115 Å². The summed E-state index contributed by atoms with van der Waals surface area (Å²) in [7, 11) is 0. The van der Waals surface area contributed by atoms with Crippen LogP contribution in [0.1, 0.15) is 139 Å². The van der Waals surface area contributed by atoms with Crippen molar-refractivity contribution in [1.29, 1.82) is 0 Å². The fourth-order valence-corrected chi connectivity index (χ4v) is 9.16. The predicted octanol–water partition coefficient (Wildman–Crippen LogP) is 5.87. The number of fused-ring (bicyclic) bond motifs is 6. The second-order valence-corrected chi connectivity index (χ2v) is 23.4. The summed E-state index contributed by atoms with van der Waals surface area (Å²) < 4.78 is 12.7. The minimum Gasteiger partial charge on any atom is -0.383 e. The lowest BCUT2D eigenvalue weighted by molar-refractivity contribution is 0.546. The summed E-state index contributed by atoms with van der Waals surface area (Å²) in [4.78, 5) is 118. The van der Waals surface area contributed by atoms with Gasteiger partial charge in [-0.25, -0.2) is 63.9 Å². The third-order valence-corrected chi connectivity index (χ3v) is 14.2. The molecule has 34 heteroatoms. The molecule has 1 aliphatic heterocycles. The Morgan fingerprint density at radius 3 is 1.66 bits per heavy atom. The maximum absolute atomic E-state index is 11.5. The van der Waals surface area contributed by atoms with Crippen molar-refractivity contribution in [3.8, 4) is 0 Å². The molecule has 0 bridgehead atoms. The predicted molar refractivity (Wildman–Crippen MR) is 362 cm³/mol. The molecule has 0 saturated carbocycles. The van der Waals surface area contributed by atoms with E-state index < -0.39 is 11.2 Å². The van der Waals surface area contributed by atoms with Crippen LogP contribution in [-0.2, 0) is 0 Å². The summed E-state index contributed by atoms with van der Waals surface area (Å²) >= 11 is 0. The number of H-pyrrole nitrogens is 3. The molecule has 0 spiro atoms. The van der Waals surface area contributed by atoms with Crippen LogP contribution >= 0.6 is 0 Å². The van der Waals surface area contributed by atoms with Gasteiger partial charge in [0.05, 0.1) is 42.1 Å². The molecule has 494 valence electrons. The van der Waals surface area contributed by atoms with Crippen molar-refractivity contribution >= 4 is 95.8 Å². The van der Waals surface area contributed by atoms with E-state index in [2.05, 4.69) is 122 Å². The molecule has 34 nitrogen and oxygen atoms in total. The highest BCUT2D eigenvalue weighted by molar-refractivity contribution is 5.86. The maximum atomic E-state index is 11.5. The molecule has 1 fully saturated rings. The van der Waals surface area contributed by atoms with Crippen LogP contribution in [-0.4, -0.2) is 130 Å². The lowest BCUT2D eigenvalue weighted by Crippen LogP contribution is -2.24. The van der Waals surface area contributed by atoms with E-state index in [1.165, 1.54) is 23.3 Å². The zero-order valence-corrected chi connectivity index (χ0v) is 54.8. The molecular weight excluding hydrogens is 1210 g/mol. The van der Waals surface area contributed by atoms with E-state index >= 15 is 0 Å². The Kier molecular flexibility index (Phi) is 21.5. The van der Waals surface area contributed by atoms with Gasteiger partial charge < -0.3 is 51.1 Å². The number of hydrogen-bond acceptors (Lipinski definition) is 24. The number of rotatable bonds is 8. The van der Waals surface area contributed by atoms with Crippen LogP contribution in [0.4, 0.5) is 29.2 Å². The average Bonchev–Trinajstić information content (AvgIpc) is 1.45. The number of imidazole rings is 3. The highest BCUT2D eigenvalue weighted by Crippen LogP contribution is 2.23. The Morgan fingerprint density at radius 1 is 0.457 bits per heavy atom. The van der Waals surface area contributed by atoms with Crippen LogP contribution in [0.15, 0.2) is 117 Å². The zero-order valence-electron chi connectivity index (χ0n) is 54.8. The largest absolute Gasteiger partial charge is 0.383 e. The van der Waals surface area contributed by atoms with Crippen LogP contribution in [0.5, 0.6) is 0 Å². The molecule has 0 radical (unpaired) electrons. The van der Waals surface area contributed by atoms with Gasteiger partial charge in [0.25, 0.3) is 5.56 Å². The number of nitrogen functional groups attached to an aromatic ring is 4. The summed E-state index contributed by atoms with van der Waals surface area (Å²) in [6, 6.07) is 8.65. The average molecular weight is 1290 g/mol. The second-order valence-electron chi connectivity index (χ2n) is 23.4. The Balaban J connectivity index is 0.000000141. The number of aromatic amines is 3. The topological polar surface area (TPSA) is 455 Å². The van der Waals surface area contributed by atoms with Gasteiger partial charge in [-0.2, -0.15) is 25.0 Å². The van der Waals surface area contributed by atoms with E-state index in [-0.39, 0.29) is 58.6 Å². The number of hydrogen-bond donors (Lipinski definition) is 7. The monoisotopic (exact) mass is 1290 g/mol. The molecule has 0 aliphatic carbocycles. The summed E-state index contributed by atoms with van der Waals surface area (Å²) in [6.45, 7) is 30.3. The molecule has 0 atom stereocenters. The van der Waals surface area contributed by atoms with E-state index in [9.17, 15) is 24.0 Å². The van der Waals surface area contributed by atoms with Crippen molar-refractivity contribution in [2.75, 3.05) is 40.9 Å². The molecule has 13 aromatic heterocycles.